The molecule has 23 heavy (non-hydrogen) atoms. The van der Waals surface area contributed by atoms with E-state index in [-0.39, 0.29) is 18.2 Å². The number of rotatable bonds is 6. The van der Waals surface area contributed by atoms with E-state index in [1.165, 1.54) is 0 Å². The van der Waals surface area contributed by atoms with Crippen molar-refractivity contribution in [1.82, 2.24) is 4.90 Å². The average molecular weight is 384 g/mol. The summed E-state index contributed by atoms with van der Waals surface area (Å²) in [6.45, 7) is 3.30. The molecule has 6 heteroatoms. The fraction of sp³-hybridized carbons (Fsp3) is 0.529. The standard InChI is InChI=1S/C17H22BrNO4/c1-2-13(8-12-4-3-5-14(18)9-12)17(22)19-6-7-23-15(11-19)10-16(20)21/h3-5,9,13,15H,2,6-8,10-11H2,1H3,(H,20,21)/t13-,15-/m0/s1. The van der Waals surface area contributed by atoms with Gasteiger partial charge in [0.05, 0.1) is 19.1 Å². The lowest BCUT2D eigenvalue weighted by molar-refractivity contribution is -0.149. The first-order valence-corrected chi connectivity index (χ1v) is 8.65. The minimum absolute atomic E-state index is 0.0633. The van der Waals surface area contributed by atoms with E-state index in [1.54, 1.807) is 4.90 Å². The van der Waals surface area contributed by atoms with Crippen molar-refractivity contribution in [1.29, 1.82) is 0 Å². The number of ether oxygens (including phenoxy) is 1. The van der Waals surface area contributed by atoms with Crippen molar-refractivity contribution < 1.29 is 19.4 Å². The summed E-state index contributed by atoms with van der Waals surface area (Å²) in [6, 6.07) is 7.98. The molecule has 1 amide bonds. The number of benzene rings is 1. The van der Waals surface area contributed by atoms with Gasteiger partial charge in [-0.05, 0) is 30.5 Å². The highest BCUT2D eigenvalue weighted by Gasteiger charge is 2.29. The van der Waals surface area contributed by atoms with Gasteiger partial charge in [-0.15, -0.1) is 0 Å². The van der Waals surface area contributed by atoms with E-state index in [9.17, 15) is 9.59 Å². The number of amides is 1. The number of carbonyl (C=O) groups excluding carboxylic acids is 1. The van der Waals surface area contributed by atoms with Gasteiger partial charge in [0.25, 0.3) is 0 Å². The molecule has 0 unspecified atom stereocenters. The zero-order chi connectivity index (χ0) is 16.8. The largest absolute Gasteiger partial charge is 0.481 e. The fourth-order valence-corrected chi connectivity index (χ4v) is 3.30. The Labute approximate surface area is 144 Å². The van der Waals surface area contributed by atoms with Crippen LogP contribution in [0.25, 0.3) is 0 Å². The molecule has 1 heterocycles. The molecule has 5 nitrogen and oxygen atoms in total. The second kappa shape index (κ2) is 8.45. The first-order valence-electron chi connectivity index (χ1n) is 7.86. The molecule has 1 aliphatic heterocycles. The SMILES string of the molecule is CC[C@@H](Cc1cccc(Br)c1)C(=O)N1CCO[C@@H](CC(=O)O)C1. The number of carboxylic acid groups (broad SMARTS) is 1. The van der Waals surface area contributed by atoms with Crippen molar-refractivity contribution in [2.24, 2.45) is 5.92 Å². The van der Waals surface area contributed by atoms with Gasteiger partial charge < -0.3 is 14.7 Å². The van der Waals surface area contributed by atoms with Crippen molar-refractivity contribution in [3.05, 3.63) is 34.3 Å². The number of halogens is 1. The van der Waals surface area contributed by atoms with E-state index in [0.717, 1.165) is 16.5 Å². The first kappa shape index (κ1) is 17.9. The lowest BCUT2D eigenvalue weighted by Crippen LogP contribution is -2.48. The quantitative estimate of drug-likeness (QED) is 0.819. The molecule has 1 fully saturated rings. The molecule has 1 aromatic rings. The van der Waals surface area contributed by atoms with Gasteiger partial charge in [-0.25, -0.2) is 0 Å². The average Bonchev–Trinajstić information content (AvgIpc) is 2.51. The maximum Gasteiger partial charge on any atom is 0.306 e. The summed E-state index contributed by atoms with van der Waals surface area (Å²) in [7, 11) is 0. The Morgan fingerprint density at radius 1 is 1.48 bits per heavy atom. The van der Waals surface area contributed by atoms with E-state index in [2.05, 4.69) is 15.9 Å². The van der Waals surface area contributed by atoms with Crippen LogP contribution in [0.5, 0.6) is 0 Å². The molecule has 1 aromatic carbocycles. The molecule has 1 saturated heterocycles. The van der Waals surface area contributed by atoms with Crippen LogP contribution in [-0.2, 0) is 20.7 Å². The van der Waals surface area contributed by atoms with Crippen LogP contribution >= 0.6 is 15.9 Å². The summed E-state index contributed by atoms with van der Waals surface area (Å²) >= 11 is 3.45. The lowest BCUT2D eigenvalue weighted by Gasteiger charge is -2.34. The van der Waals surface area contributed by atoms with E-state index < -0.39 is 12.1 Å². The Kier molecular flexibility index (Phi) is 6.59. The number of aliphatic carboxylic acids is 1. The molecule has 0 saturated carbocycles. The van der Waals surface area contributed by atoms with Crippen LogP contribution in [0, 0.1) is 5.92 Å². The highest BCUT2D eigenvalue weighted by Crippen LogP contribution is 2.20. The van der Waals surface area contributed by atoms with E-state index in [0.29, 0.717) is 26.1 Å². The van der Waals surface area contributed by atoms with E-state index in [1.807, 2.05) is 31.2 Å². The van der Waals surface area contributed by atoms with Crippen LogP contribution in [0.3, 0.4) is 0 Å². The first-order chi connectivity index (χ1) is 11.0. The monoisotopic (exact) mass is 383 g/mol. The van der Waals surface area contributed by atoms with Gasteiger partial charge in [0.1, 0.15) is 0 Å². The Hall–Kier alpha value is -1.40. The van der Waals surface area contributed by atoms with Gasteiger partial charge in [-0.1, -0.05) is 35.0 Å². The summed E-state index contributed by atoms with van der Waals surface area (Å²) in [4.78, 5) is 25.3. The minimum Gasteiger partial charge on any atom is -0.481 e. The normalized spacial score (nSPS) is 19.4. The zero-order valence-corrected chi connectivity index (χ0v) is 14.8. The third kappa shape index (κ3) is 5.32. The summed E-state index contributed by atoms with van der Waals surface area (Å²) < 4.78 is 6.44. The van der Waals surface area contributed by atoms with Gasteiger partial charge in [-0.2, -0.15) is 0 Å². The topological polar surface area (TPSA) is 66.8 Å². The van der Waals surface area contributed by atoms with Crippen molar-refractivity contribution in [3.63, 3.8) is 0 Å². The summed E-state index contributed by atoms with van der Waals surface area (Å²) in [5.74, 6) is -0.899. The predicted molar refractivity (Wildman–Crippen MR) is 90.2 cm³/mol. The number of hydrogen-bond acceptors (Lipinski definition) is 3. The number of hydrogen-bond donors (Lipinski definition) is 1. The molecular formula is C17H22BrNO4. The smallest absolute Gasteiger partial charge is 0.306 e. The molecule has 0 spiro atoms. The Balaban J connectivity index is 1.99. The van der Waals surface area contributed by atoms with Crippen LogP contribution in [0.1, 0.15) is 25.3 Å². The molecule has 2 atom stereocenters. The Bertz CT molecular complexity index is 563. The highest BCUT2D eigenvalue weighted by atomic mass is 79.9. The molecule has 126 valence electrons. The minimum atomic E-state index is -0.898. The van der Waals surface area contributed by atoms with E-state index >= 15 is 0 Å². The van der Waals surface area contributed by atoms with E-state index in [4.69, 9.17) is 9.84 Å². The zero-order valence-electron chi connectivity index (χ0n) is 13.2. The molecule has 0 aliphatic carbocycles. The van der Waals surface area contributed by atoms with Crippen molar-refractivity contribution in [3.8, 4) is 0 Å². The predicted octanol–water partition coefficient (Wildman–Crippen LogP) is 2.72. The number of morpholine rings is 1. The molecular weight excluding hydrogens is 362 g/mol. The summed E-state index contributed by atoms with van der Waals surface area (Å²) in [5.41, 5.74) is 1.12. The van der Waals surface area contributed by atoms with Gasteiger partial charge in [0.2, 0.25) is 5.91 Å². The Morgan fingerprint density at radius 2 is 2.26 bits per heavy atom. The molecule has 0 aromatic heterocycles. The van der Waals surface area contributed by atoms with Crippen molar-refractivity contribution in [2.75, 3.05) is 19.7 Å². The van der Waals surface area contributed by atoms with Crippen molar-refractivity contribution >= 4 is 27.8 Å². The number of carbonyl (C=O) groups is 2. The van der Waals surface area contributed by atoms with Crippen LogP contribution in [-0.4, -0.2) is 47.7 Å². The summed E-state index contributed by atoms with van der Waals surface area (Å²) in [6.07, 6.45) is 0.974. The van der Waals surface area contributed by atoms with Crippen LogP contribution in [0.4, 0.5) is 0 Å². The van der Waals surface area contributed by atoms with Crippen LogP contribution in [0.2, 0.25) is 0 Å². The van der Waals surface area contributed by atoms with Gasteiger partial charge in [-0.3, -0.25) is 9.59 Å². The molecule has 0 radical (unpaired) electrons. The highest BCUT2D eigenvalue weighted by molar-refractivity contribution is 9.10. The van der Waals surface area contributed by atoms with Gasteiger partial charge >= 0.3 is 5.97 Å². The van der Waals surface area contributed by atoms with Crippen LogP contribution < -0.4 is 0 Å². The molecule has 1 N–H and O–H groups in total. The molecule has 0 bridgehead atoms. The summed E-state index contributed by atoms with van der Waals surface area (Å²) in [5, 5.41) is 8.88. The molecule has 2 rings (SSSR count). The second-order valence-corrected chi connectivity index (χ2v) is 6.73. The maximum atomic E-state index is 12.8. The third-order valence-corrected chi connectivity index (χ3v) is 4.56. The lowest BCUT2D eigenvalue weighted by atomic mass is 9.95. The third-order valence-electron chi connectivity index (χ3n) is 4.07. The fourth-order valence-electron chi connectivity index (χ4n) is 2.85. The molecule has 1 aliphatic rings. The maximum absolute atomic E-state index is 12.8. The van der Waals surface area contributed by atoms with Gasteiger partial charge in [0, 0.05) is 23.5 Å². The Morgan fingerprint density at radius 3 is 2.91 bits per heavy atom. The second-order valence-electron chi connectivity index (χ2n) is 5.81. The number of carboxylic acids is 1. The van der Waals surface area contributed by atoms with Crippen LogP contribution in [0.15, 0.2) is 28.7 Å². The number of nitrogens with zero attached hydrogens (tertiary/aromatic N) is 1. The van der Waals surface area contributed by atoms with Gasteiger partial charge in [0.15, 0.2) is 0 Å². The van der Waals surface area contributed by atoms with Crippen molar-refractivity contribution in [2.45, 2.75) is 32.3 Å².